The maximum absolute atomic E-state index is 8.04. The summed E-state index contributed by atoms with van der Waals surface area (Å²) in [4.78, 5) is 4.38. The summed E-state index contributed by atoms with van der Waals surface area (Å²) in [6, 6.07) is 6.78. The van der Waals surface area contributed by atoms with Gasteiger partial charge in [-0.2, -0.15) is 0 Å². The first kappa shape index (κ1) is 15.0. The quantitative estimate of drug-likeness (QED) is 0.756. The van der Waals surface area contributed by atoms with Gasteiger partial charge < -0.3 is 5.41 Å². The van der Waals surface area contributed by atoms with Gasteiger partial charge in [0, 0.05) is 12.3 Å². The van der Waals surface area contributed by atoms with E-state index in [1.54, 1.807) is 0 Å². The molecule has 1 aromatic carbocycles. The third kappa shape index (κ3) is 3.56. The van der Waals surface area contributed by atoms with Crippen molar-refractivity contribution in [2.24, 2.45) is 4.99 Å². The molecule has 0 saturated heterocycles. The molecule has 0 aliphatic carbocycles. The highest BCUT2D eigenvalue weighted by atomic mass is 14.7. The Bertz CT molecular complexity index is 500. The van der Waals surface area contributed by atoms with E-state index in [-0.39, 0.29) is 0 Å². The fourth-order valence-corrected chi connectivity index (χ4v) is 3.02. The zero-order valence-electron chi connectivity index (χ0n) is 12.9. The van der Waals surface area contributed by atoms with E-state index in [2.05, 4.69) is 43.3 Å². The minimum absolute atomic E-state index is 0.476. The number of nitrogens with one attached hydrogen (secondary N) is 1. The van der Waals surface area contributed by atoms with Crippen LogP contribution in [0.2, 0.25) is 0 Å². The van der Waals surface area contributed by atoms with E-state index < -0.39 is 0 Å². The van der Waals surface area contributed by atoms with E-state index in [0.29, 0.717) is 17.5 Å². The van der Waals surface area contributed by atoms with Gasteiger partial charge in [-0.1, -0.05) is 26.0 Å². The summed E-state index contributed by atoms with van der Waals surface area (Å²) in [6.45, 7) is 7.27. The Morgan fingerprint density at radius 1 is 1.30 bits per heavy atom. The van der Waals surface area contributed by atoms with E-state index in [1.807, 2.05) is 6.92 Å². The lowest BCUT2D eigenvalue weighted by Gasteiger charge is -2.21. The van der Waals surface area contributed by atoms with E-state index in [0.717, 1.165) is 18.5 Å². The van der Waals surface area contributed by atoms with Crippen LogP contribution < -0.4 is 0 Å². The average Bonchev–Trinajstić information content (AvgIpc) is 2.37. The number of hydrogen-bond acceptors (Lipinski definition) is 2. The molecule has 0 spiro atoms. The smallest absolute Gasteiger partial charge is 0.0385 e. The summed E-state index contributed by atoms with van der Waals surface area (Å²) in [5.41, 5.74) is 4.52. The molecule has 1 atom stereocenters. The number of aliphatic imine (C=N–C) groups is 1. The van der Waals surface area contributed by atoms with Crippen LogP contribution in [-0.4, -0.2) is 18.5 Å². The summed E-state index contributed by atoms with van der Waals surface area (Å²) in [5, 5.41) is 8.04. The second-order valence-corrected chi connectivity index (χ2v) is 6.13. The van der Waals surface area contributed by atoms with Crippen molar-refractivity contribution in [3.8, 4) is 0 Å². The largest absolute Gasteiger partial charge is 0.305 e. The van der Waals surface area contributed by atoms with Crippen molar-refractivity contribution < 1.29 is 0 Å². The predicted molar refractivity (Wildman–Crippen MR) is 87.6 cm³/mol. The minimum Gasteiger partial charge on any atom is -0.305 e. The molecule has 1 N–H and O–H groups in total. The molecule has 0 aromatic heterocycles. The molecule has 2 heteroatoms. The van der Waals surface area contributed by atoms with E-state index in [9.17, 15) is 0 Å². The molecular weight excluding hydrogens is 244 g/mol. The molecule has 1 unspecified atom stereocenters. The maximum Gasteiger partial charge on any atom is 0.0385 e. The molecule has 1 aliphatic heterocycles. The monoisotopic (exact) mass is 270 g/mol. The number of rotatable bonds is 3. The van der Waals surface area contributed by atoms with Gasteiger partial charge >= 0.3 is 0 Å². The first-order valence-electron chi connectivity index (χ1n) is 7.77. The van der Waals surface area contributed by atoms with Gasteiger partial charge in [0.05, 0.1) is 0 Å². The van der Waals surface area contributed by atoms with Crippen LogP contribution in [0, 0.1) is 5.41 Å². The van der Waals surface area contributed by atoms with Gasteiger partial charge in [-0.15, -0.1) is 0 Å². The van der Waals surface area contributed by atoms with Gasteiger partial charge in [-0.25, -0.2) is 0 Å². The predicted octanol–water partition coefficient (Wildman–Crippen LogP) is 4.93. The molecular formula is C18H26N2. The Hall–Kier alpha value is -1.44. The lowest BCUT2D eigenvalue weighted by molar-refractivity contribution is 0.560. The van der Waals surface area contributed by atoms with Crippen molar-refractivity contribution in [1.82, 2.24) is 0 Å². The van der Waals surface area contributed by atoms with E-state index in [1.165, 1.54) is 30.4 Å². The van der Waals surface area contributed by atoms with Crippen molar-refractivity contribution in [3.05, 3.63) is 34.9 Å². The third-order valence-corrected chi connectivity index (χ3v) is 4.19. The van der Waals surface area contributed by atoms with Gasteiger partial charge in [0.25, 0.3) is 0 Å². The van der Waals surface area contributed by atoms with Crippen LogP contribution in [0.1, 0.15) is 75.0 Å². The molecule has 1 heterocycles. The molecule has 0 amide bonds. The lowest BCUT2D eigenvalue weighted by atomic mass is 9.85. The van der Waals surface area contributed by atoms with Crippen molar-refractivity contribution in [3.63, 3.8) is 0 Å². The van der Waals surface area contributed by atoms with E-state index in [4.69, 9.17) is 5.41 Å². The van der Waals surface area contributed by atoms with E-state index >= 15 is 0 Å². The van der Waals surface area contributed by atoms with Gasteiger partial charge in [0.15, 0.2) is 0 Å². The third-order valence-electron chi connectivity index (χ3n) is 4.19. The Morgan fingerprint density at radius 3 is 2.80 bits per heavy atom. The van der Waals surface area contributed by atoms with Crippen LogP contribution in [0.25, 0.3) is 0 Å². The van der Waals surface area contributed by atoms with Gasteiger partial charge in [0.1, 0.15) is 0 Å². The molecule has 0 fully saturated rings. The van der Waals surface area contributed by atoms with Crippen LogP contribution in [0.3, 0.4) is 0 Å². The molecule has 0 saturated carbocycles. The highest BCUT2D eigenvalue weighted by Gasteiger charge is 2.16. The SMILES string of the molecule is CC(=N)c1cc(C2CC/C=N\CCC2)ccc1C(C)C. The second kappa shape index (κ2) is 6.83. The van der Waals surface area contributed by atoms with Crippen molar-refractivity contribution in [2.45, 2.75) is 58.3 Å². The van der Waals surface area contributed by atoms with Crippen molar-refractivity contribution in [1.29, 1.82) is 5.41 Å². The van der Waals surface area contributed by atoms with Crippen LogP contribution in [0.4, 0.5) is 0 Å². The average molecular weight is 270 g/mol. The maximum atomic E-state index is 8.04. The summed E-state index contributed by atoms with van der Waals surface area (Å²) in [5.74, 6) is 1.10. The van der Waals surface area contributed by atoms with Gasteiger partial charge in [-0.3, -0.25) is 4.99 Å². The van der Waals surface area contributed by atoms with Crippen LogP contribution in [0.5, 0.6) is 0 Å². The summed E-state index contributed by atoms with van der Waals surface area (Å²) >= 11 is 0. The first-order chi connectivity index (χ1) is 9.59. The topological polar surface area (TPSA) is 36.2 Å². The van der Waals surface area contributed by atoms with Crippen LogP contribution in [0.15, 0.2) is 23.2 Å². The zero-order chi connectivity index (χ0) is 14.5. The summed E-state index contributed by atoms with van der Waals surface area (Å²) in [7, 11) is 0. The molecule has 2 rings (SSSR count). The minimum atomic E-state index is 0.476. The zero-order valence-corrected chi connectivity index (χ0v) is 12.9. The van der Waals surface area contributed by atoms with Crippen molar-refractivity contribution in [2.75, 3.05) is 6.54 Å². The number of benzene rings is 1. The molecule has 0 radical (unpaired) electrons. The summed E-state index contributed by atoms with van der Waals surface area (Å²) in [6.07, 6.45) is 6.73. The standard InChI is InChI=1S/C18H26N2/c1-13(2)17-9-8-16(12-18(17)14(3)19)15-6-4-10-20-11-5-7-15/h8-10,12-13,15,19H,4-7,11H2,1-3H3/b19-14?,20-10-. The van der Waals surface area contributed by atoms with Crippen LogP contribution >= 0.6 is 0 Å². The number of nitrogens with zero attached hydrogens (tertiary/aromatic N) is 1. The first-order valence-corrected chi connectivity index (χ1v) is 7.77. The highest BCUT2D eigenvalue weighted by molar-refractivity contribution is 5.98. The second-order valence-electron chi connectivity index (χ2n) is 6.13. The Morgan fingerprint density at radius 2 is 2.10 bits per heavy atom. The van der Waals surface area contributed by atoms with Crippen LogP contribution in [-0.2, 0) is 0 Å². The molecule has 20 heavy (non-hydrogen) atoms. The highest BCUT2D eigenvalue weighted by Crippen LogP contribution is 2.30. The normalized spacial score (nSPS) is 21.3. The Balaban J connectivity index is 2.30. The Labute approximate surface area is 122 Å². The molecule has 2 nitrogen and oxygen atoms in total. The molecule has 1 aromatic rings. The summed E-state index contributed by atoms with van der Waals surface area (Å²) < 4.78 is 0. The molecule has 108 valence electrons. The molecule has 1 aliphatic rings. The molecule has 0 bridgehead atoms. The van der Waals surface area contributed by atoms with Crippen molar-refractivity contribution >= 4 is 11.9 Å². The van der Waals surface area contributed by atoms with Gasteiger partial charge in [0.2, 0.25) is 0 Å². The Kier molecular flexibility index (Phi) is 5.11. The fraction of sp³-hybridized carbons (Fsp3) is 0.556. The van der Waals surface area contributed by atoms with Gasteiger partial charge in [-0.05, 0) is 73.4 Å². The fourth-order valence-electron chi connectivity index (χ4n) is 3.02. The lowest BCUT2D eigenvalue weighted by Crippen LogP contribution is -2.07. The number of hydrogen-bond donors (Lipinski definition) is 1.